The number of benzene rings is 2. The Morgan fingerprint density at radius 3 is 2.47 bits per heavy atom. The summed E-state index contributed by atoms with van der Waals surface area (Å²) in [5.41, 5.74) is 7.88. The molecule has 2 heterocycles. The molecule has 2 aliphatic carbocycles. The normalized spacial score (nSPS) is 18.6. The van der Waals surface area contributed by atoms with Crippen LogP contribution in [0.2, 0.25) is 0 Å². The predicted octanol–water partition coefficient (Wildman–Crippen LogP) is 8.88. The van der Waals surface area contributed by atoms with Crippen LogP contribution in [-0.4, -0.2) is 9.13 Å². The van der Waals surface area contributed by atoms with Crippen LogP contribution in [0.4, 0.5) is 0 Å². The zero-order valence-electron chi connectivity index (χ0n) is 20.0. The Kier molecular flexibility index (Phi) is 5.28. The molecule has 2 nitrogen and oxygen atoms in total. The van der Waals surface area contributed by atoms with Crippen LogP contribution in [-0.2, 0) is 12.8 Å². The fraction of sp³-hybridized carbons (Fsp3) is 0.533. The second kappa shape index (κ2) is 8.28. The van der Waals surface area contributed by atoms with Crippen LogP contribution in [0.3, 0.4) is 0 Å². The van der Waals surface area contributed by atoms with Gasteiger partial charge in [0.15, 0.2) is 0 Å². The number of hydrogen-bond donors (Lipinski definition) is 0. The van der Waals surface area contributed by atoms with Gasteiger partial charge in [-0.25, -0.2) is 0 Å². The molecule has 2 heteroatoms. The molecule has 1 atom stereocenters. The van der Waals surface area contributed by atoms with Crippen molar-refractivity contribution in [3.8, 4) is 0 Å². The molecule has 6 rings (SSSR count). The lowest BCUT2D eigenvalue weighted by molar-refractivity contribution is 0.367. The number of aryl methyl sites for hydroxylation is 1. The third-order valence-electron chi connectivity index (χ3n) is 8.54. The van der Waals surface area contributed by atoms with Crippen molar-refractivity contribution >= 4 is 32.7 Å². The minimum Gasteiger partial charge on any atom is -0.341 e. The summed E-state index contributed by atoms with van der Waals surface area (Å²) >= 11 is 0. The molecule has 0 saturated heterocycles. The van der Waals surface area contributed by atoms with Crippen molar-refractivity contribution in [2.75, 3.05) is 0 Å². The van der Waals surface area contributed by atoms with E-state index in [0.29, 0.717) is 12.1 Å². The number of aromatic nitrogens is 2. The van der Waals surface area contributed by atoms with Gasteiger partial charge in [-0.05, 0) is 69.1 Å². The Bertz CT molecular complexity index is 1260. The maximum Gasteiger partial charge on any atom is 0.0592 e. The molecule has 4 aromatic rings. The smallest absolute Gasteiger partial charge is 0.0592 e. The zero-order valence-corrected chi connectivity index (χ0v) is 20.0. The minimum atomic E-state index is 0.634. The van der Waals surface area contributed by atoms with Gasteiger partial charge < -0.3 is 9.13 Å². The first-order valence-electron chi connectivity index (χ1n) is 13.4. The van der Waals surface area contributed by atoms with Gasteiger partial charge in [-0.15, -0.1) is 0 Å². The molecule has 1 unspecified atom stereocenters. The topological polar surface area (TPSA) is 9.86 Å². The third kappa shape index (κ3) is 2.98. The quantitative estimate of drug-likeness (QED) is 0.301. The van der Waals surface area contributed by atoms with Crippen molar-refractivity contribution in [3.05, 3.63) is 47.7 Å². The lowest BCUT2D eigenvalue weighted by Crippen LogP contribution is -2.14. The molecule has 2 aliphatic rings. The molecule has 1 saturated carbocycles. The molecule has 32 heavy (non-hydrogen) atoms. The van der Waals surface area contributed by atoms with Crippen LogP contribution in [0.5, 0.6) is 0 Å². The number of fused-ring (bicyclic) bond motifs is 7. The van der Waals surface area contributed by atoms with E-state index in [1.54, 1.807) is 22.2 Å². The van der Waals surface area contributed by atoms with Crippen LogP contribution in [0, 0.1) is 0 Å². The molecule has 168 valence electrons. The highest BCUT2D eigenvalue weighted by Gasteiger charge is 2.28. The Hall–Kier alpha value is -2.22. The maximum atomic E-state index is 2.80. The van der Waals surface area contributed by atoms with Gasteiger partial charge in [0.2, 0.25) is 0 Å². The highest BCUT2D eigenvalue weighted by atomic mass is 15.1. The predicted molar refractivity (Wildman–Crippen MR) is 138 cm³/mol. The minimum absolute atomic E-state index is 0.634. The Labute approximate surface area is 192 Å². The standard InChI is InChI=1S/C30H38N2/c1-3-12-21(4-2)31-27-18-11-9-16-25(27)29-28(31)20-19-24-23-15-8-10-17-26(23)32(30(24)29)22-13-6-5-7-14-22/h8,10,15,17,19-22H,3-7,9,11-14,16,18H2,1-2H3. The summed E-state index contributed by atoms with van der Waals surface area (Å²) < 4.78 is 5.60. The average molecular weight is 427 g/mol. The summed E-state index contributed by atoms with van der Waals surface area (Å²) in [7, 11) is 0. The van der Waals surface area contributed by atoms with Crippen LogP contribution < -0.4 is 0 Å². The van der Waals surface area contributed by atoms with Gasteiger partial charge >= 0.3 is 0 Å². The molecule has 0 amide bonds. The zero-order chi connectivity index (χ0) is 21.7. The van der Waals surface area contributed by atoms with E-state index < -0.39 is 0 Å². The van der Waals surface area contributed by atoms with Crippen LogP contribution in [0.15, 0.2) is 36.4 Å². The fourth-order valence-corrected chi connectivity index (χ4v) is 7.13. The van der Waals surface area contributed by atoms with Crippen molar-refractivity contribution in [2.24, 2.45) is 0 Å². The molecule has 0 radical (unpaired) electrons. The highest BCUT2D eigenvalue weighted by molar-refractivity contribution is 6.18. The van der Waals surface area contributed by atoms with E-state index in [1.807, 2.05) is 0 Å². The largest absolute Gasteiger partial charge is 0.341 e. The lowest BCUT2D eigenvalue weighted by atomic mass is 9.93. The third-order valence-corrected chi connectivity index (χ3v) is 8.54. The molecule has 2 aromatic heterocycles. The number of nitrogens with zero attached hydrogens (tertiary/aromatic N) is 2. The fourth-order valence-electron chi connectivity index (χ4n) is 7.13. The van der Waals surface area contributed by atoms with Crippen molar-refractivity contribution in [1.29, 1.82) is 0 Å². The number of para-hydroxylation sites is 1. The maximum absolute atomic E-state index is 2.80. The molecule has 0 spiro atoms. The first-order valence-corrected chi connectivity index (χ1v) is 13.4. The molecule has 0 bridgehead atoms. The van der Waals surface area contributed by atoms with Gasteiger partial charge in [0.25, 0.3) is 0 Å². The van der Waals surface area contributed by atoms with E-state index >= 15 is 0 Å². The van der Waals surface area contributed by atoms with Gasteiger partial charge in [-0.1, -0.05) is 63.8 Å². The summed E-state index contributed by atoms with van der Waals surface area (Å²) in [5.74, 6) is 0. The lowest BCUT2D eigenvalue weighted by Gasteiger charge is -2.26. The molecule has 0 aliphatic heterocycles. The van der Waals surface area contributed by atoms with E-state index in [2.05, 4.69) is 59.4 Å². The van der Waals surface area contributed by atoms with E-state index in [-0.39, 0.29) is 0 Å². The number of hydrogen-bond acceptors (Lipinski definition) is 0. The van der Waals surface area contributed by atoms with Gasteiger partial charge in [-0.2, -0.15) is 0 Å². The summed E-state index contributed by atoms with van der Waals surface area (Å²) in [5, 5.41) is 4.54. The SMILES string of the molecule is CCCC(CC)n1c2c(c3c1ccc1c4ccccc4n(C4CCCCC4)c13)CCCC2. The molecular formula is C30H38N2. The van der Waals surface area contributed by atoms with Gasteiger partial charge in [-0.3, -0.25) is 0 Å². The Balaban J connectivity index is 1.74. The van der Waals surface area contributed by atoms with Gasteiger partial charge in [0.05, 0.1) is 11.0 Å². The van der Waals surface area contributed by atoms with Gasteiger partial charge in [0, 0.05) is 39.5 Å². The molecule has 0 N–H and O–H groups in total. The van der Waals surface area contributed by atoms with Crippen LogP contribution in [0.1, 0.15) is 101 Å². The average Bonchev–Trinajstić information content (AvgIpc) is 3.36. The van der Waals surface area contributed by atoms with E-state index in [0.717, 1.165) is 0 Å². The van der Waals surface area contributed by atoms with Crippen molar-refractivity contribution in [1.82, 2.24) is 9.13 Å². The monoisotopic (exact) mass is 426 g/mol. The summed E-state index contributed by atoms with van der Waals surface area (Å²) in [4.78, 5) is 0. The van der Waals surface area contributed by atoms with E-state index in [1.165, 1.54) is 98.9 Å². The molecule has 2 aromatic carbocycles. The second-order valence-electron chi connectivity index (χ2n) is 10.4. The number of rotatable bonds is 5. The van der Waals surface area contributed by atoms with Crippen molar-refractivity contribution in [2.45, 2.75) is 103 Å². The molecular weight excluding hydrogens is 388 g/mol. The Morgan fingerprint density at radius 2 is 1.66 bits per heavy atom. The first-order chi connectivity index (χ1) is 15.8. The van der Waals surface area contributed by atoms with Crippen molar-refractivity contribution < 1.29 is 0 Å². The van der Waals surface area contributed by atoms with Crippen molar-refractivity contribution in [3.63, 3.8) is 0 Å². The summed E-state index contributed by atoms with van der Waals surface area (Å²) in [6.45, 7) is 4.73. The van der Waals surface area contributed by atoms with E-state index in [9.17, 15) is 0 Å². The Morgan fingerprint density at radius 1 is 0.844 bits per heavy atom. The molecule has 1 fully saturated rings. The van der Waals surface area contributed by atoms with Crippen LogP contribution >= 0.6 is 0 Å². The first kappa shape index (κ1) is 20.4. The summed E-state index contributed by atoms with van der Waals surface area (Å²) in [6.07, 6.45) is 15.8. The van der Waals surface area contributed by atoms with Gasteiger partial charge in [0.1, 0.15) is 0 Å². The summed E-state index contributed by atoms with van der Waals surface area (Å²) in [6, 6.07) is 15.4. The highest BCUT2D eigenvalue weighted by Crippen LogP contribution is 2.45. The van der Waals surface area contributed by atoms with E-state index in [4.69, 9.17) is 0 Å². The second-order valence-corrected chi connectivity index (χ2v) is 10.4. The van der Waals surface area contributed by atoms with Crippen LogP contribution in [0.25, 0.3) is 32.7 Å².